The Morgan fingerprint density at radius 1 is 1.29 bits per heavy atom. The Labute approximate surface area is 83.3 Å². The van der Waals surface area contributed by atoms with Crippen LogP contribution >= 0.6 is 0 Å². The largest absolute Gasteiger partial charge is 0.369 e. The maximum Gasteiger partial charge on any atom is 0.211 e. The number of nitrogens with one attached hydrogen (secondary N) is 2. The van der Waals surface area contributed by atoms with E-state index in [2.05, 4.69) is 15.2 Å². The molecule has 4 heteroatoms. The molecule has 14 heavy (non-hydrogen) atoms. The Morgan fingerprint density at radius 3 is 2.79 bits per heavy atom. The lowest BCUT2D eigenvalue weighted by molar-refractivity contribution is -0.105. The molecule has 1 aromatic rings. The number of piperidine rings is 1. The van der Waals surface area contributed by atoms with Crippen molar-refractivity contribution in [2.75, 3.05) is 23.3 Å². The van der Waals surface area contributed by atoms with Gasteiger partial charge in [-0.3, -0.25) is 4.79 Å². The Balaban J connectivity index is 2.12. The minimum absolute atomic E-state index is 0.719. The highest BCUT2D eigenvalue weighted by Crippen LogP contribution is 2.27. The Morgan fingerprint density at radius 2 is 2.07 bits per heavy atom. The number of hydrogen-bond donors (Lipinski definition) is 2. The van der Waals surface area contributed by atoms with E-state index in [4.69, 9.17) is 0 Å². The average molecular weight is 193 g/mol. The smallest absolute Gasteiger partial charge is 0.211 e. The van der Waals surface area contributed by atoms with Crippen LogP contribution in [0.1, 0.15) is 19.3 Å². The Kier molecular flexibility index (Phi) is 2.72. The van der Waals surface area contributed by atoms with Crippen LogP contribution < -0.4 is 10.2 Å². The van der Waals surface area contributed by atoms with Gasteiger partial charge in [0, 0.05) is 25.5 Å². The number of aromatic nitrogens is 1. The van der Waals surface area contributed by atoms with Gasteiger partial charge in [0.25, 0.3) is 0 Å². The van der Waals surface area contributed by atoms with Gasteiger partial charge in [-0.2, -0.15) is 0 Å². The number of hydrogen-bond acceptors (Lipinski definition) is 2. The number of amides is 1. The molecule has 2 heterocycles. The van der Waals surface area contributed by atoms with Crippen LogP contribution in [0.2, 0.25) is 0 Å². The number of carbonyl (C=O) groups is 1. The molecule has 0 spiro atoms. The fraction of sp³-hybridized carbons (Fsp3) is 0.500. The maximum atomic E-state index is 10.4. The van der Waals surface area contributed by atoms with Gasteiger partial charge in [0.05, 0.1) is 11.4 Å². The third kappa shape index (κ3) is 1.73. The van der Waals surface area contributed by atoms with E-state index >= 15 is 0 Å². The van der Waals surface area contributed by atoms with E-state index in [-0.39, 0.29) is 0 Å². The predicted octanol–water partition coefficient (Wildman–Crippen LogP) is 1.57. The van der Waals surface area contributed by atoms with E-state index < -0.39 is 0 Å². The van der Waals surface area contributed by atoms with Gasteiger partial charge in [-0.1, -0.05) is 0 Å². The molecule has 76 valence electrons. The van der Waals surface area contributed by atoms with Gasteiger partial charge in [0.15, 0.2) is 0 Å². The summed E-state index contributed by atoms with van der Waals surface area (Å²) in [6.45, 7) is 2.18. The zero-order chi connectivity index (χ0) is 9.80. The van der Waals surface area contributed by atoms with Crippen LogP contribution in [-0.4, -0.2) is 24.5 Å². The molecule has 1 fully saturated rings. The minimum Gasteiger partial charge on any atom is -0.369 e. The van der Waals surface area contributed by atoms with Gasteiger partial charge in [0.2, 0.25) is 6.41 Å². The van der Waals surface area contributed by atoms with Gasteiger partial charge < -0.3 is 15.2 Å². The Bertz CT molecular complexity index is 302. The normalized spacial score (nSPS) is 16.7. The number of nitrogens with zero attached hydrogens (tertiary/aromatic N) is 1. The first-order valence-corrected chi connectivity index (χ1v) is 5.04. The van der Waals surface area contributed by atoms with E-state index in [1.165, 1.54) is 19.3 Å². The van der Waals surface area contributed by atoms with Gasteiger partial charge >= 0.3 is 0 Å². The molecule has 0 saturated carbocycles. The highest BCUT2D eigenvalue weighted by Gasteiger charge is 2.14. The number of rotatable bonds is 3. The molecule has 0 bridgehead atoms. The van der Waals surface area contributed by atoms with E-state index in [1.54, 1.807) is 0 Å². The highest BCUT2D eigenvalue weighted by atomic mass is 16.1. The summed E-state index contributed by atoms with van der Waals surface area (Å²) < 4.78 is 0. The average Bonchev–Trinajstić information content (AvgIpc) is 2.68. The number of anilines is 2. The van der Waals surface area contributed by atoms with Crippen molar-refractivity contribution in [1.29, 1.82) is 0 Å². The highest BCUT2D eigenvalue weighted by molar-refractivity contribution is 5.80. The van der Waals surface area contributed by atoms with Crippen LogP contribution in [0.3, 0.4) is 0 Å². The third-order valence-electron chi connectivity index (χ3n) is 2.63. The SMILES string of the molecule is O=CNc1c[nH]cc1N1CCCCC1. The standard InChI is InChI=1S/C10H15N3O/c14-8-12-9-6-11-7-10(9)13-4-2-1-3-5-13/h6-8,11H,1-5H2,(H,12,14). The molecule has 0 unspecified atom stereocenters. The number of carbonyl (C=O) groups excluding carboxylic acids is 1. The maximum absolute atomic E-state index is 10.4. The van der Waals surface area contributed by atoms with Crippen molar-refractivity contribution >= 4 is 17.8 Å². The Hall–Kier alpha value is -1.45. The molecule has 4 nitrogen and oxygen atoms in total. The van der Waals surface area contributed by atoms with Crippen LogP contribution in [0.25, 0.3) is 0 Å². The summed E-state index contributed by atoms with van der Waals surface area (Å²) in [7, 11) is 0. The van der Waals surface area contributed by atoms with E-state index in [1.807, 2.05) is 12.4 Å². The first-order valence-electron chi connectivity index (χ1n) is 5.04. The molecule has 1 aliphatic heterocycles. The van der Waals surface area contributed by atoms with Crippen molar-refractivity contribution in [3.63, 3.8) is 0 Å². The summed E-state index contributed by atoms with van der Waals surface area (Å²) in [5, 5.41) is 2.70. The first kappa shape index (κ1) is 9.12. The van der Waals surface area contributed by atoms with Gasteiger partial charge in [-0.15, -0.1) is 0 Å². The predicted molar refractivity (Wildman–Crippen MR) is 56.5 cm³/mol. The molecule has 0 aromatic carbocycles. The molecular formula is C10H15N3O. The van der Waals surface area contributed by atoms with Crippen LogP contribution in [0.5, 0.6) is 0 Å². The molecule has 1 saturated heterocycles. The van der Waals surface area contributed by atoms with Crippen LogP contribution in [0.15, 0.2) is 12.4 Å². The van der Waals surface area contributed by atoms with Crippen molar-refractivity contribution < 1.29 is 4.79 Å². The molecule has 0 aliphatic carbocycles. The second-order valence-corrected chi connectivity index (χ2v) is 3.56. The van der Waals surface area contributed by atoms with Crippen molar-refractivity contribution in [3.8, 4) is 0 Å². The quantitative estimate of drug-likeness (QED) is 0.716. The molecule has 1 aliphatic rings. The van der Waals surface area contributed by atoms with Gasteiger partial charge in [-0.25, -0.2) is 0 Å². The third-order valence-corrected chi connectivity index (χ3v) is 2.63. The first-order chi connectivity index (χ1) is 6.92. The molecule has 0 radical (unpaired) electrons. The van der Waals surface area contributed by atoms with Crippen molar-refractivity contribution in [3.05, 3.63) is 12.4 Å². The molecule has 2 rings (SSSR count). The summed E-state index contributed by atoms with van der Waals surface area (Å²) in [4.78, 5) is 15.7. The lowest BCUT2D eigenvalue weighted by Gasteiger charge is -2.28. The molecule has 0 atom stereocenters. The summed E-state index contributed by atoms with van der Waals surface area (Å²) in [5.74, 6) is 0. The van der Waals surface area contributed by atoms with E-state index in [0.29, 0.717) is 0 Å². The lowest BCUT2D eigenvalue weighted by Crippen LogP contribution is -2.29. The van der Waals surface area contributed by atoms with E-state index in [9.17, 15) is 4.79 Å². The fourth-order valence-electron chi connectivity index (χ4n) is 1.93. The summed E-state index contributed by atoms with van der Waals surface area (Å²) >= 11 is 0. The van der Waals surface area contributed by atoms with E-state index in [0.717, 1.165) is 30.9 Å². The molecule has 2 N–H and O–H groups in total. The number of aromatic amines is 1. The van der Waals surface area contributed by atoms with Gasteiger partial charge in [0.1, 0.15) is 0 Å². The lowest BCUT2D eigenvalue weighted by atomic mass is 10.1. The fourth-order valence-corrected chi connectivity index (χ4v) is 1.93. The summed E-state index contributed by atoms with van der Waals surface area (Å²) in [6, 6.07) is 0. The topological polar surface area (TPSA) is 48.1 Å². The van der Waals surface area contributed by atoms with Crippen LogP contribution in [0.4, 0.5) is 11.4 Å². The minimum atomic E-state index is 0.719. The molecular weight excluding hydrogens is 178 g/mol. The second kappa shape index (κ2) is 4.17. The van der Waals surface area contributed by atoms with Crippen LogP contribution in [-0.2, 0) is 4.79 Å². The van der Waals surface area contributed by atoms with Gasteiger partial charge in [-0.05, 0) is 19.3 Å². The zero-order valence-corrected chi connectivity index (χ0v) is 8.12. The van der Waals surface area contributed by atoms with Crippen molar-refractivity contribution in [2.45, 2.75) is 19.3 Å². The van der Waals surface area contributed by atoms with Crippen molar-refractivity contribution in [1.82, 2.24) is 4.98 Å². The summed E-state index contributed by atoms with van der Waals surface area (Å²) in [5.41, 5.74) is 1.98. The monoisotopic (exact) mass is 193 g/mol. The number of H-pyrrole nitrogens is 1. The zero-order valence-electron chi connectivity index (χ0n) is 8.12. The molecule has 1 aromatic heterocycles. The van der Waals surface area contributed by atoms with Crippen molar-refractivity contribution in [2.24, 2.45) is 0 Å². The summed E-state index contributed by atoms with van der Waals surface area (Å²) in [6.07, 6.45) is 8.28. The molecule has 1 amide bonds. The second-order valence-electron chi connectivity index (χ2n) is 3.56. The van der Waals surface area contributed by atoms with Crippen LogP contribution in [0, 0.1) is 0 Å².